The molecule has 1 aliphatic heterocycles. The maximum atomic E-state index is 12.5. The highest BCUT2D eigenvalue weighted by Crippen LogP contribution is 2.25. The van der Waals surface area contributed by atoms with Gasteiger partial charge in [0.15, 0.2) is 11.6 Å². The van der Waals surface area contributed by atoms with Gasteiger partial charge in [-0.2, -0.15) is 4.39 Å². The molecule has 184 valence electrons. The maximum Gasteiger partial charge on any atom is 0.228 e. The quantitative estimate of drug-likeness (QED) is 0.561. The van der Waals surface area contributed by atoms with Gasteiger partial charge >= 0.3 is 0 Å². The number of benzene rings is 1. The van der Waals surface area contributed by atoms with E-state index in [4.69, 9.17) is 5.14 Å². The third-order valence-electron chi connectivity index (χ3n) is 5.00. The number of nitrogens with zero attached hydrogens (tertiary/aromatic N) is 2. The Hall–Kier alpha value is -2.23. The van der Waals surface area contributed by atoms with Crippen LogP contribution in [0.2, 0.25) is 0 Å². The minimum absolute atomic E-state index is 0.0418. The molecular weight excluding hydrogens is 446 g/mol. The van der Waals surface area contributed by atoms with Crippen LogP contribution in [0, 0.1) is 17.6 Å². The summed E-state index contributed by atoms with van der Waals surface area (Å²) in [5.74, 6) is -1.77. The SMILES string of the molecule is CC.CC(C)(C)N1CCCC(C(=O)Nc2ccnc(SN)c2)C1.COc1cccc(F)c1F. The molecule has 1 aromatic carbocycles. The molecule has 3 rings (SSSR count). The Morgan fingerprint density at radius 2 is 1.97 bits per heavy atom. The van der Waals surface area contributed by atoms with E-state index in [9.17, 15) is 13.6 Å². The van der Waals surface area contributed by atoms with Crippen molar-refractivity contribution >= 4 is 23.5 Å². The summed E-state index contributed by atoms with van der Waals surface area (Å²) in [7, 11) is 1.29. The Labute approximate surface area is 200 Å². The number of piperidine rings is 1. The van der Waals surface area contributed by atoms with Gasteiger partial charge in [0.1, 0.15) is 5.03 Å². The van der Waals surface area contributed by atoms with Crippen molar-refractivity contribution < 1.29 is 18.3 Å². The van der Waals surface area contributed by atoms with Crippen molar-refractivity contribution in [3.63, 3.8) is 0 Å². The summed E-state index contributed by atoms with van der Waals surface area (Å²) in [6.45, 7) is 12.5. The number of amides is 1. The number of carbonyl (C=O) groups is 1. The van der Waals surface area contributed by atoms with Gasteiger partial charge in [-0.15, -0.1) is 0 Å². The van der Waals surface area contributed by atoms with Gasteiger partial charge < -0.3 is 10.1 Å². The molecule has 2 aromatic rings. The van der Waals surface area contributed by atoms with Crippen LogP contribution in [0.4, 0.5) is 14.5 Å². The van der Waals surface area contributed by atoms with Crippen molar-refractivity contribution in [1.82, 2.24) is 9.88 Å². The van der Waals surface area contributed by atoms with Gasteiger partial charge in [0, 0.05) is 24.0 Å². The van der Waals surface area contributed by atoms with Crippen molar-refractivity contribution in [2.45, 2.75) is 58.0 Å². The van der Waals surface area contributed by atoms with Crippen LogP contribution >= 0.6 is 11.9 Å². The van der Waals surface area contributed by atoms with Crippen LogP contribution in [0.3, 0.4) is 0 Å². The Balaban J connectivity index is 0.000000380. The highest BCUT2D eigenvalue weighted by Gasteiger charge is 2.31. The topological polar surface area (TPSA) is 80.5 Å². The lowest BCUT2D eigenvalue weighted by Gasteiger charge is -2.41. The first-order chi connectivity index (χ1) is 15.7. The zero-order chi connectivity index (χ0) is 25.0. The number of pyridine rings is 1. The Morgan fingerprint density at radius 1 is 1.27 bits per heavy atom. The number of likely N-dealkylation sites (tertiary alicyclic amines) is 1. The van der Waals surface area contributed by atoms with Crippen molar-refractivity contribution in [3.8, 4) is 5.75 Å². The number of aromatic nitrogens is 1. The first-order valence-electron chi connectivity index (χ1n) is 11.0. The number of ether oxygens (including phenoxy) is 1. The van der Waals surface area contributed by atoms with Crippen LogP contribution in [-0.4, -0.2) is 41.5 Å². The molecule has 1 unspecified atom stereocenters. The molecule has 6 nitrogen and oxygen atoms in total. The Morgan fingerprint density at radius 3 is 2.55 bits per heavy atom. The van der Waals surface area contributed by atoms with Crippen molar-refractivity contribution in [1.29, 1.82) is 0 Å². The predicted molar refractivity (Wildman–Crippen MR) is 131 cm³/mol. The van der Waals surface area contributed by atoms with E-state index in [2.05, 4.69) is 40.7 Å². The molecule has 1 atom stereocenters. The number of methoxy groups -OCH3 is 1. The smallest absolute Gasteiger partial charge is 0.228 e. The number of anilines is 1. The summed E-state index contributed by atoms with van der Waals surface area (Å²) >= 11 is 1.08. The van der Waals surface area contributed by atoms with Crippen LogP contribution in [-0.2, 0) is 4.79 Å². The summed E-state index contributed by atoms with van der Waals surface area (Å²) in [4.78, 5) is 18.9. The lowest BCUT2D eigenvalue weighted by molar-refractivity contribution is -0.122. The standard InChI is InChI=1S/C15H24N4OS.C7H6F2O.C2H6/c1-15(2,3)19-8-4-5-11(10-19)14(20)18-12-6-7-17-13(9-12)21-16;1-10-6-4-2-3-5(8)7(6)9;1-2/h6-7,9,11H,4-5,8,10,16H2,1-3H3,(H,17,18,20);2-4H,1H3;1-2H3. The van der Waals surface area contributed by atoms with E-state index in [1.165, 1.54) is 19.2 Å². The number of nitrogens with two attached hydrogens (primary N) is 1. The van der Waals surface area contributed by atoms with Crippen molar-refractivity contribution in [3.05, 3.63) is 48.2 Å². The lowest BCUT2D eigenvalue weighted by atomic mass is 9.93. The summed E-state index contributed by atoms with van der Waals surface area (Å²) in [5.41, 5.74) is 0.870. The van der Waals surface area contributed by atoms with E-state index in [-0.39, 0.29) is 23.1 Å². The van der Waals surface area contributed by atoms with Crippen LogP contribution in [0.25, 0.3) is 0 Å². The third kappa shape index (κ3) is 9.27. The summed E-state index contributed by atoms with van der Waals surface area (Å²) in [6, 6.07) is 7.38. The van der Waals surface area contributed by atoms with E-state index < -0.39 is 11.6 Å². The predicted octanol–water partition coefficient (Wildman–Crippen LogP) is 5.50. The fraction of sp³-hybridized carbons (Fsp3) is 0.500. The normalized spacial score (nSPS) is 16.0. The number of carbonyl (C=O) groups excluding carboxylic acids is 1. The van der Waals surface area contributed by atoms with Gasteiger partial charge in [-0.1, -0.05) is 19.9 Å². The zero-order valence-electron chi connectivity index (χ0n) is 20.3. The van der Waals surface area contributed by atoms with Gasteiger partial charge in [0.25, 0.3) is 0 Å². The van der Waals surface area contributed by atoms with E-state index in [1.807, 2.05) is 13.8 Å². The van der Waals surface area contributed by atoms with Crippen LogP contribution < -0.4 is 15.2 Å². The molecule has 1 fully saturated rings. The van der Waals surface area contributed by atoms with Crippen LogP contribution in [0.1, 0.15) is 47.5 Å². The van der Waals surface area contributed by atoms with Gasteiger partial charge in [-0.05, 0) is 76.4 Å². The molecule has 0 aliphatic carbocycles. The third-order valence-corrected chi connectivity index (χ3v) is 5.46. The molecule has 1 aliphatic rings. The Bertz CT molecular complexity index is 878. The second-order valence-corrected chi connectivity index (χ2v) is 8.86. The van der Waals surface area contributed by atoms with Gasteiger partial charge in [0.2, 0.25) is 11.7 Å². The zero-order valence-corrected chi connectivity index (χ0v) is 21.1. The lowest BCUT2D eigenvalue weighted by Crippen LogP contribution is -2.49. The number of hydrogen-bond acceptors (Lipinski definition) is 6. The second kappa shape index (κ2) is 14.1. The van der Waals surface area contributed by atoms with E-state index in [0.717, 1.165) is 49.6 Å². The largest absolute Gasteiger partial charge is 0.494 e. The first kappa shape index (κ1) is 28.8. The van der Waals surface area contributed by atoms with Gasteiger partial charge in [0.05, 0.1) is 13.0 Å². The molecule has 3 N–H and O–H groups in total. The molecular formula is C24H36F2N4O2S. The summed E-state index contributed by atoms with van der Waals surface area (Å²) < 4.78 is 29.3. The Kier molecular flexibility index (Phi) is 12.3. The molecule has 33 heavy (non-hydrogen) atoms. The maximum absolute atomic E-state index is 12.5. The molecule has 2 heterocycles. The molecule has 1 amide bonds. The molecule has 0 radical (unpaired) electrons. The fourth-order valence-corrected chi connectivity index (χ4v) is 3.55. The van der Waals surface area contributed by atoms with Gasteiger partial charge in [-0.3, -0.25) is 14.8 Å². The number of hydrogen-bond donors (Lipinski definition) is 2. The first-order valence-corrected chi connectivity index (χ1v) is 11.9. The number of halogens is 2. The molecule has 1 aromatic heterocycles. The van der Waals surface area contributed by atoms with E-state index >= 15 is 0 Å². The van der Waals surface area contributed by atoms with Crippen molar-refractivity contribution in [2.75, 3.05) is 25.5 Å². The summed E-state index contributed by atoms with van der Waals surface area (Å²) in [6.07, 6.45) is 3.67. The molecule has 0 saturated carbocycles. The fourth-order valence-electron chi connectivity index (χ4n) is 3.24. The second-order valence-electron chi connectivity index (χ2n) is 8.20. The van der Waals surface area contributed by atoms with Gasteiger partial charge in [-0.25, -0.2) is 9.37 Å². The van der Waals surface area contributed by atoms with Crippen molar-refractivity contribution in [2.24, 2.45) is 11.1 Å². The molecule has 0 bridgehead atoms. The van der Waals surface area contributed by atoms with Crippen LogP contribution in [0.15, 0.2) is 41.6 Å². The molecule has 0 spiro atoms. The number of nitrogens with one attached hydrogen (secondary N) is 1. The minimum Gasteiger partial charge on any atom is -0.494 e. The number of rotatable bonds is 4. The van der Waals surface area contributed by atoms with E-state index in [1.54, 1.807) is 18.3 Å². The van der Waals surface area contributed by atoms with E-state index in [0.29, 0.717) is 5.03 Å². The highest BCUT2D eigenvalue weighted by molar-refractivity contribution is 7.97. The average Bonchev–Trinajstić information content (AvgIpc) is 2.82. The summed E-state index contributed by atoms with van der Waals surface area (Å²) in [5, 5.41) is 9.18. The highest BCUT2D eigenvalue weighted by atomic mass is 32.2. The van der Waals surface area contributed by atoms with Crippen LogP contribution in [0.5, 0.6) is 5.75 Å². The minimum atomic E-state index is -0.940. The monoisotopic (exact) mass is 482 g/mol. The average molecular weight is 483 g/mol. The molecule has 9 heteroatoms. The molecule has 1 saturated heterocycles.